The van der Waals surface area contributed by atoms with E-state index in [0.717, 1.165) is 18.4 Å². The van der Waals surface area contributed by atoms with Crippen LogP contribution in [0.25, 0.3) is 0 Å². The molecule has 1 fully saturated rings. The third kappa shape index (κ3) is 5.24. The lowest BCUT2D eigenvalue weighted by atomic mass is 10.2. The number of ether oxygens (including phenoxy) is 1. The molecule has 2 aromatic rings. The number of carbonyl (C=O) groups is 2. The lowest BCUT2D eigenvalue weighted by Gasteiger charge is -2.15. The first-order chi connectivity index (χ1) is 14.3. The van der Waals surface area contributed by atoms with Crippen molar-refractivity contribution in [2.24, 2.45) is 5.14 Å². The van der Waals surface area contributed by atoms with Crippen molar-refractivity contribution in [1.29, 1.82) is 0 Å². The Morgan fingerprint density at radius 3 is 2.37 bits per heavy atom. The molecule has 0 saturated carbocycles. The van der Waals surface area contributed by atoms with Crippen molar-refractivity contribution in [2.45, 2.75) is 43.7 Å². The number of amides is 2. The predicted molar refractivity (Wildman–Crippen MR) is 111 cm³/mol. The maximum absolute atomic E-state index is 12.8. The second-order valence-corrected chi connectivity index (χ2v) is 8.76. The number of nitrogens with zero attached hydrogens (tertiary/aromatic N) is 1. The average Bonchev–Trinajstić information content (AvgIpc) is 3.00. The molecule has 30 heavy (non-hydrogen) atoms. The quantitative estimate of drug-likeness (QED) is 0.450. The van der Waals surface area contributed by atoms with Crippen LogP contribution in [0.15, 0.2) is 53.4 Å². The van der Waals surface area contributed by atoms with Crippen LogP contribution in [0.2, 0.25) is 0 Å². The van der Waals surface area contributed by atoms with E-state index < -0.39 is 16.1 Å². The van der Waals surface area contributed by atoms with Crippen molar-refractivity contribution in [3.8, 4) is 5.75 Å². The van der Waals surface area contributed by atoms with E-state index >= 15 is 0 Å². The number of quaternary nitrogens is 1. The fraction of sp³-hybridized carbons (Fsp3) is 0.333. The second-order valence-electron chi connectivity index (χ2n) is 7.20. The fourth-order valence-electron chi connectivity index (χ4n) is 3.23. The van der Waals surface area contributed by atoms with Crippen molar-refractivity contribution in [3.63, 3.8) is 0 Å². The van der Waals surface area contributed by atoms with Gasteiger partial charge in [-0.15, -0.1) is 0 Å². The lowest BCUT2D eigenvalue weighted by Crippen LogP contribution is -2.90. The largest absolute Gasteiger partial charge is 0.494 e. The number of sulfonamides is 1. The number of hydrogen-bond acceptors (Lipinski definition) is 5. The molecule has 9 heteroatoms. The van der Waals surface area contributed by atoms with Gasteiger partial charge in [-0.3, -0.25) is 9.59 Å². The Labute approximate surface area is 176 Å². The van der Waals surface area contributed by atoms with E-state index in [1.807, 2.05) is 0 Å². The van der Waals surface area contributed by atoms with Crippen molar-refractivity contribution < 1.29 is 28.1 Å². The summed E-state index contributed by atoms with van der Waals surface area (Å²) in [7, 11) is -3.74. The Morgan fingerprint density at radius 1 is 1.10 bits per heavy atom. The van der Waals surface area contributed by atoms with Crippen LogP contribution in [0.1, 0.15) is 31.7 Å². The topological polar surface area (TPSA) is 123 Å². The van der Waals surface area contributed by atoms with E-state index in [1.165, 1.54) is 17.0 Å². The van der Waals surface area contributed by atoms with E-state index in [1.54, 1.807) is 41.7 Å². The highest BCUT2D eigenvalue weighted by atomic mass is 32.2. The van der Waals surface area contributed by atoms with Crippen LogP contribution < -0.4 is 20.1 Å². The molecule has 1 saturated heterocycles. The lowest BCUT2D eigenvalue weighted by molar-refractivity contribution is -0.690. The molecule has 0 unspecified atom stereocenters. The number of carbonyl (C=O) groups excluding carboxylic acids is 2. The minimum absolute atomic E-state index is 0.0340. The minimum Gasteiger partial charge on any atom is -0.494 e. The fourth-order valence-corrected chi connectivity index (χ4v) is 3.75. The Kier molecular flexibility index (Phi) is 6.86. The van der Waals surface area contributed by atoms with Gasteiger partial charge in [0.05, 0.1) is 23.6 Å². The van der Waals surface area contributed by atoms with E-state index in [-0.39, 0.29) is 23.1 Å². The van der Waals surface area contributed by atoms with Crippen LogP contribution in [-0.4, -0.2) is 32.9 Å². The summed E-state index contributed by atoms with van der Waals surface area (Å²) in [6.07, 6.45) is 2.12. The highest BCUT2D eigenvalue weighted by Gasteiger charge is 2.42. The van der Waals surface area contributed by atoms with Crippen molar-refractivity contribution in [1.82, 2.24) is 0 Å². The van der Waals surface area contributed by atoms with Crippen LogP contribution in [0, 0.1) is 0 Å². The number of hydrogen-bond donors (Lipinski definition) is 2. The second kappa shape index (κ2) is 9.38. The summed E-state index contributed by atoms with van der Waals surface area (Å²) in [5.74, 6) is 0.198. The molecule has 1 atom stereocenters. The summed E-state index contributed by atoms with van der Waals surface area (Å²) in [5.41, 5.74) is 1.36. The highest BCUT2D eigenvalue weighted by molar-refractivity contribution is 7.89. The zero-order chi connectivity index (χ0) is 21.7. The molecule has 0 radical (unpaired) electrons. The molecule has 160 valence electrons. The number of nitrogens with two attached hydrogens (primary N) is 2. The molecule has 0 bridgehead atoms. The summed E-state index contributed by atoms with van der Waals surface area (Å²) in [6.45, 7) is 3.16. The number of primary sulfonamides is 1. The van der Waals surface area contributed by atoms with Crippen LogP contribution >= 0.6 is 0 Å². The maximum Gasteiger partial charge on any atom is 0.292 e. The normalized spacial score (nSPS) is 16.9. The van der Waals surface area contributed by atoms with Gasteiger partial charge in [0, 0.05) is 5.56 Å². The van der Waals surface area contributed by atoms with Gasteiger partial charge in [0.15, 0.2) is 6.04 Å². The van der Waals surface area contributed by atoms with Crippen LogP contribution in [0.5, 0.6) is 5.75 Å². The average molecular weight is 433 g/mol. The Bertz CT molecular complexity index is 1000. The molecule has 0 spiro atoms. The first kappa shape index (κ1) is 21.9. The zero-order valence-electron chi connectivity index (χ0n) is 16.8. The minimum atomic E-state index is -3.74. The van der Waals surface area contributed by atoms with Crippen molar-refractivity contribution in [3.05, 3.63) is 54.1 Å². The zero-order valence-corrected chi connectivity index (χ0v) is 17.6. The van der Waals surface area contributed by atoms with Gasteiger partial charge in [-0.1, -0.05) is 25.5 Å². The highest BCUT2D eigenvalue weighted by Crippen LogP contribution is 2.24. The van der Waals surface area contributed by atoms with Gasteiger partial charge in [-0.05, 0) is 42.8 Å². The van der Waals surface area contributed by atoms with E-state index in [9.17, 15) is 18.0 Å². The van der Waals surface area contributed by atoms with Gasteiger partial charge in [0.1, 0.15) is 12.3 Å². The third-order valence-electron chi connectivity index (χ3n) is 4.93. The Hall–Kier alpha value is -2.75. The maximum atomic E-state index is 12.8. The molecule has 1 heterocycles. The molecule has 0 aromatic heterocycles. The van der Waals surface area contributed by atoms with Crippen LogP contribution in [0.4, 0.5) is 5.69 Å². The molecule has 1 aliphatic rings. The van der Waals surface area contributed by atoms with Gasteiger partial charge < -0.3 is 10.1 Å². The van der Waals surface area contributed by atoms with E-state index in [4.69, 9.17) is 9.88 Å². The number of benzene rings is 2. The van der Waals surface area contributed by atoms with Crippen molar-refractivity contribution >= 4 is 27.5 Å². The van der Waals surface area contributed by atoms with Gasteiger partial charge in [0.2, 0.25) is 15.9 Å². The summed E-state index contributed by atoms with van der Waals surface area (Å²) in [4.78, 5) is 26.4. The van der Waals surface area contributed by atoms with Gasteiger partial charge >= 0.3 is 0 Å². The number of rotatable bonds is 9. The van der Waals surface area contributed by atoms with Crippen LogP contribution in [-0.2, 0) is 26.2 Å². The molecular weight excluding hydrogens is 406 g/mol. The third-order valence-corrected chi connectivity index (χ3v) is 5.86. The summed E-state index contributed by atoms with van der Waals surface area (Å²) in [6, 6.07) is 12.6. The predicted octanol–water partition coefficient (Wildman–Crippen LogP) is 0.908. The van der Waals surface area contributed by atoms with E-state index in [2.05, 4.69) is 6.92 Å². The standard InChI is InChI=1S/C21H25N3O5S/c1-2-3-12-29-17-8-6-16(7-9-17)24-20(25)13-19(21(24)26)23-14-15-4-10-18(11-5-15)30(22,27)28/h4-11,19,23H,2-3,12-14H2,1H3,(H2,22,27,28)/p+1/t19-/m0/s1. The molecule has 3 rings (SSSR count). The SMILES string of the molecule is CCCCOc1ccc(N2C(=O)C[C@H]([NH2+]Cc3ccc(S(N)(=O)=O)cc3)C2=O)cc1. The molecule has 2 aromatic carbocycles. The first-order valence-electron chi connectivity index (χ1n) is 9.84. The number of imide groups is 1. The molecule has 1 aliphatic heterocycles. The van der Waals surface area contributed by atoms with Gasteiger partial charge in [0.25, 0.3) is 5.91 Å². The molecule has 0 aliphatic carbocycles. The summed E-state index contributed by atoms with van der Waals surface area (Å²) >= 11 is 0. The number of unbranched alkanes of at least 4 members (excludes halogenated alkanes) is 1. The molecule has 2 amide bonds. The molecule has 8 nitrogen and oxygen atoms in total. The smallest absolute Gasteiger partial charge is 0.292 e. The monoisotopic (exact) mass is 432 g/mol. The first-order valence-corrected chi connectivity index (χ1v) is 11.4. The van der Waals surface area contributed by atoms with E-state index in [0.29, 0.717) is 24.6 Å². The Balaban J connectivity index is 1.60. The molecular formula is C21H26N3O5S+. The Morgan fingerprint density at radius 2 is 1.77 bits per heavy atom. The summed E-state index contributed by atoms with van der Waals surface area (Å²) in [5, 5.41) is 6.88. The summed E-state index contributed by atoms with van der Waals surface area (Å²) < 4.78 is 28.3. The van der Waals surface area contributed by atoms with Crippen LogP contribution in [0.3, 0.4) is 0 Å². The van der Waals surface area contributed by atoms with Gasteiger partial charge in [-0.2, -0.15) is 0 Å². The van der Waals surface area contributed by atoms with Gasteiger partial charge in [-0.25, -0.2) is 18.5 Å². The number of anilines is 1. The molecule has 4 N–H and O–H groups in total. The van der Waals surface area contributed by atoms with Crippen molar-refractivity contribution in [2.75, 3.05) is 11.5 Å².